The lowest BCUT2D eigenvalue weighted by atomic mass is 10.0. The van der Waals surface area contributed by atoms with Crippen LogP contribution in [0.4, 0.5) is 0 Å². The number of carbonyl (C=O) groups is 1. The minimum atomic E-state index is -3.11. The molecule has 1 amide bonds. The second-order valence-corrected chi connectivity index (χ2v) is 9.53. The van der Waals surface area contributed by atoms with Crippen LogP contribution >= 0.6 is 0 Å². The SMILES string of the molecule is CCc1ccc(CN2CCN(C(=O)C(C)C)[C@H]3CS(=O)(=O)C[C@H]32)nc1. The number of aromatic nitrogens is 1. The molecule has 1 aromatic rings. The first-order chi connectivity index (χ1) is 11.8. The first kappa shape index (κ1) is 18.3. The highest BCUT2D eigenvalue weighted by Gasteiger charge is 2.48. The van der Waals surface area contributed by atoms with E-state index in [0.29, 0.717) is 19.6 Å². The minimum Gasteiger partial charge on any atom is -0.336 e. The van der Waals surface area contributed by atoms with Crippen LogP contribution in [0.2, 0.25) is 0 Å². The third-order valence-corrected chi connectivity index (χ3v) is 6.93. The molecule has 0 aliphatic carbocycles. The largest absolute Gasteiger partial charge is 0.336 e. The fraction of sp³-hybridized carbons (Fsp3) is 0.667. The van der Waals surface area contributed by atoms with Gasteiger partial charge in [-0.05, 0) is 18.1 Å². The molecule has 1 aromatic heterocycles. The number of nitrogens with zero attached hydrogens (tertiary/aromatic N) is 3. The molecule has 2 fully saturated rings. The van der Waals surface area contributed by atoms with Gasteiger partial charge in [-0.25, -0.2) is 8.42 Å². The van der Waals surface area contributed by atoms with E-state index < -0.39 is 9.84 Å². The van der Waals surface area contributed by atoms with E-state index in [4.69, 9.17) is 0 Å². The van der Waals surface area contributed by atoms with Crippen LogP contribution in [0.25, 0.3) is 0 Å². The molecule has 7 heteroatoms. The van der Waals surface area contributed by atoms with E-state index in [1.165, 1.54) is 5.56 Å². The maximum atomic E-state index is 12.5. The Balaban J connectivity index is 1.79. The monoisotopic (exact) mass is 365 g/mol. The Morgan fingerprint density at radius 2 is 1.96 bits per heavy atom. The van der Waals surface area contributed by atoms with Gasteiger partial charge in [0.25, 0.3) is 0 Å². The molecule has 0 saturated carbocycles. The summed E-state index contributed by atoms with van der Waals surface area (Å²) in [6.07, 6.45) is 2.84. The molecule has 0 spiro atoms. The summed E-state index contributed by atoms with van der Waals surface area (Å²) in [6, 6.07) is 3.73. The second-order valence-electron chi connectivity index (χ2n) is 7.38. The van der Waals surface area contributed by atoms with Crippen molar-refractivity contribution in [3.05, 3.63) is 29.6 Å². The summed E-state index contributed by atoms with van der Waals surface area (Å²) in [6.45, 7) is 7.73. The molecular formula is C18H27N3O3S. The van der Waals surface area contributed by atoms with Gasteiger partial charge in [0.2, 0.25) is 5.91 Å². The third kappa shape index (κ3) is 3.87. The molecular weight excluding hydrogens is 338 g/mol. The standard InChI is InChI=1S/C18H27N3O3S/c1-4-14-5-6-15(19-9-14)10-20-7-8-21(18(22)13(2)3)17-12-25(23,24)11-16(17)20/h5-6,9,13,16-17H,4,7-8,10-12H2,1-3H3/t16-,17+/m1/s1. The van der Waals surface area contributed by atoms with Crippen molar-refractivity contribution < 1.29 is 13.2 Å². The van der Waals surface area contributed by atoms with Gasteiger partial charge in [-0.2, -0.15) is 0 Å². The summed E-state index contributed by atoms with van der Waals surface area (Å²) < 4.78 is 24.5. The summed E-state index contributed by atoms with van der Waals surface area (Å²) in [5.74, 6) is 0.150. The molecule has 2 atom stereocenters. The number of rotatable bonds is 4. The lowest BCUT2D eigenvalue weighted by Gasteiger charge is -2.44. The molecule has 0 aromatic carbocycles. The third-order valence-electron chi connectivity index (χ3n) is 5.23. The molecule has 6 nitrogen and oxygen atoms in total. The zero-order valence-corrected chi connectivity index (χ0v) is 16.0. The summed E-state index contributed by atoms with van der Waals surface area (Å²) in [5.41, 5.74) is 2.14. The average Bonchev–Trinajstić information content (AvgIpc) is 2.90. The van der Waals surface area contributed by atoms with E-state index >= 15 is 0 Å². The van der Waals surface area contributed by atoms with E-state index in [9.17, 15) is 13.2 Å². The quantitative estimate of drug-likeness (QED) is 0.799. The number of piperazine rings is 1. The van der Waals surface area contributed by atoms with Crippen LogP contribution in [0.15, 0.2) is 18.3 Å². The summed E-state index contributed by atoms with van der Waals surface area (Å²) in [5, 5.41) is 0. The van der Waals surface area contributed by atoms with Gasteiger partial charge in [-0.1, -0.05) is 26.8 Å². The van der Waals surface area contributed by atoms with Gasteiger partial charge in [0.15, 0.2) is 9.84 Å². The summed E-state index contributed by atoms with van der Waals surface area (Å²) in [4.78, 5) is 21.0. The Hall–Kier alpha value is -1.47. The topological polar surface area (TPSA) is 70.6 Å². The van der Waals surface area contributed by atoms with Crippen LogP contribution in [0.1, 0.15) is 32.0 Å². The molecule has 3 heterocycles. The van der Waals surface area contributed by atoms with E-state index in [2.05, 4.69) is 22.9 Å². The molecule has 2 aliphatic heterocycles. The van der Waals surface area contributed by atoms with Crippen molar-refractivity contribution in [2.45, 2.75) is 45.8 Å². The van der Waals surface area contributed by atoms with Crippen molar-refractivity contribution in [2.24, 2.45) is 5.92 Å². The fourth-order valence-electron chi connectivity index (χ4n) is 3.79. The van der Waals surface area contributed by atoms with E-state index in [0.717, 1.165) is 12.1 Å². The first-order valence-corrected chi connectivity index (χ1v) is 10.8. The van der Waals surface area contributed by atoms with Gasteiger partial charge < -0.3 is 4.90 Å². The molecule has 0 radical (unpaired) electrons. The van der Waals surface area contributed by atoms with Crippen LogP contribution in [-0.4, -0.2) is 65.8 Å². The van der Waals surface area contributed by atoms with Gasteiger partial charge in [0.05, 0.1) is 23.2 Å². The second kappa shape index (κ2) is 7.03. The predicted molar refractivity (Wildman–Crippen MR) is 96.8 cm³/mol. The Bertz CT molecular complexity index is 730. The number of aryl methyl sites for hydroxylation is 1. The van der Waals surface area contributed by atoms with Gasteiger partial charge in [0.1, 0.15) is 0 Å². The molecule has 0 bridgehead atoms. The Kier molecular flexibility index (Phi) is 5.16. The summed E-state index contributed by atoms with van der Waals surface area (Å²) in [7, 11) is -3.11. The number of hydrogen-bond donors (Lipinski definition) is 0. The van der Waals surface area contributed by atoms with E-state index in [1.54, 1.807) is 4.90 Å². The zero-order valence-electron chi connectivity index (χ0n) is 15.2. The Morgan fingerprint density at radius 3 is 2.56 bits per heavy atom. The normalized spacial score (nSPS) is 26.0. The lowest BCUT2D eigenvalue weighted by molar-refractivity contribution is -0.140. The van der Waals surface area contributed by atoms with E-state index in [1.807, 2.05) is 26.1 Å². The van der Waals surface area contributed by atoms with Gasteiger partial charge >= 0.3 is 0 Å². The van der Waals surface area contributed by atoms with Crippen molar-refractivity contribution in [3.8, 4) is 0 Å². The van der Waals surface area contributed by atoms with Crippen LogP contribution in [0.5, 0.6) is 0 Å². The highest BCUT2D eigenvalue weighted by molar-refractivity contribution is 7.91. The van der Waals surface area contributed by atoms with Crippen LogP contribution in [0, 0.1) is 5.92 Å². The maximum Gasteiger partial charge on any atom is 0.225 e. The molecule has 25 heavy (non-hydrogen) atoms. The number of fused-ring (bicyclic) bond motifs is 1. The van der Waals surface area contributed by atoms with Crippen molar-refractivity contribution in [2.75, 3.05) is 24.6 Å². The van der Waals surface area contributed by atoms with Crippen molar-refractivity contribution in [1.29, 1.82) is 0 Å². The van der Waals surface area contributed by atoms with Gasteiger partial charge in [-0.15, -0.1) is 0 Å². The van der Waals surface area contributed by atoms with Crippen LogP contribution < -0.4 is 0 Å². The average molecular weight is 365 g/mol. The smallest absolute Gasteiger partial charge is 0.225 e. The highest BCUT2D eigenvalue weighted by Crippen LogP contribution is 2.29. The Morgan fingerprint density at radius 1 is 1.24 bits per heavy atom. The maximum absolute atomic E-state index is 12.5. The molecule has 138 valence electrons. The van der Waals surface area contributed by atoms with Gasteiger partial charge in [-0.3, -0.25) is 14.7 Å². The minimum absolute atomic E-state index is 0.0529. The lowest BCUT2D eigenvalue weighted by Crippen LogP contribution is -2.60. The molecule has 3 rings (SSSR count). The number of carbonyl (C=O) groups excluding carboxylic acids is 1. The van der Waals surface area contributed by atoms with Gasteiger partial charge in [0, 0.05) is 37.8 Å². The number of sulfone groups is 1. The van der Waals surface area contributed by atoms with Crippen LogP contribution in [-0.2, 0) is 27.6 Å². The summed E-state index contributed by atoms with van der Waals surface area (Å²) >= 11 is 0. The van der Waals surface area contributed by atoms with E-state index in [-0.39, 0.29) is 35.4 Å². The van der Waals surface area contributed by atoms with Crippen molar-refractivity contribution in [1.82, 2.24) is 14.8 Å². The highest BCUT2D eigenvalue weighted by atomic mass is 32.2. The van der Waals surface area contributed by atoms with Crippen LogP contribution in [0.3, 0.4) is 0 Å². The Labute approximate surface area is 150 Å². The number of hydrogen-bond acceptors (Lipinski definition) is 5. The van der Waals surface area contributed by atoms with Crippen molar-refractivity contribution >= 4 is 15.7 Å². The predicted octanol–water partition coefficient (Wildman–Crippen LogP) is 1.11. The first-order valence-electron chi connectivity index (χ1n) is 8.99. The molecule has 0 N–H and O–H groups in total. The number of pyridine rings is 1. The molecule has 2 aliphatic rings. The zero-order chi connectivity index (χ0) is 18.2. The van der Waals surface area contributed by atoms with Crippen molar-refractivity contribution in [3.63, 3.8) is 0 Å². The molecule has 0 unspecified atom stereocenters. The number of amides is 1. The molecule has 2 saturated heterocycles. The fourth-order valence-corrected chi connectivity index (χ4v) is 5.80.